The second-order valence-corrected chi connectivity index (χ2v) is 11.5. The Kier molecular flexibility index (Phi) is 11.2. The second kappa shape index (κ2) is 13.7. The van der Waals surface area contributed by atoms with Crippen LogP contribution >= 0.6 is 11.6 Å². The van der Waals surface area contributed by atoms with Gasteiger partial charge in [0.15, 0.2) is 0 Å². The number of aryl methyl sites for hydroxylation is 2. The summed E-state index contributed by atoms with van der Waals surface area (Å²) in [6.45, 7) is 8.41. The van der Waals surface area contributed by atoms with E-state index in [4.69, 9.17) is 11.6 Å². The van der Waals surface area contributed by atoms with Crippen LogP contribution in [0.4, 0.5) is 5.69 Å². The fourth-order valence-electron chi connectivity index (χ4n) is 3.90. The number of nitrogens with one attached hydrogen (secondary N) is 1. The molecule has 0 saturated heterocycles. The molecule has 0 fully saturated rings. The fraction of sp³-hybridized carbons (Fsp3) is 0.481. The van der Waals surface area contributed by atoms with Gasteiger partial charge in [0.25, 0.3) is 0 Å². The van der Waals surface area contributed by atoms with Crippen LogP contribution in [0.25, 0.3) is 0 Å². The molecule has 0 radical (unpaired) electrons. The lowest BCUT2D eigenvalue weighted by atomic mass is 10.1. The average Bonchev–Trinajstić information content (AvgIpc) is 2.81. The summed E-state index contributed by atoms with van der Waals surface area (Å²) in [5.74, 6) is -0.459. The van der Waals surface area contributed by atoms with Gasteiger partial charge in [0.1, 0.15) is 6.04 Å². The third-order valence-electron chi connectivity index (χ3n) is 6.08. The van der Waals surface area contributed by atoms with E-state index in [-0.39, 0.29) is 31.3 Å². The predicted molar refractivity (Wildman–Crippen MR) is 147 cm³/mol. The van der Waals surface area contributed by atoms with Gasteiger partial charge in [0, 0.05) is 31.1 Å². The molecule has 2 amide bonds. The first-order valence-electron chi connectivity index (χ1n) is 12.3. The van der Waals surface area contributed by atoms with E-state index < -0.39 is 16.1 Å². The van der Waals surface area contributed by atoms with E-state index in [1.807, 2.05) is 57.2 Å². The minimum Gasteiger partial charge on any atom is -0.354 e. The minimum atomic E-state index is -3.55. The summed E-state index contributed by atoms with van der Waals surface area (Å²) in [6, 6.07) is 12.2. The Morgan fingerprint density at radius 1 is 1.08 bits per heavy atom. The van der Waals surface area contributed by atoms with Crippen LogP contribution in [-0.2, 0) is 26.2 Å². The molecule has 0 saturated carbocycles. The number of benzene rings is 2. The molecule has 198 valence electrons. The normalized spacial score (nSPS) is 12.2. The van der Waals surface area contributed by atoms with Crippen molar-refractivity contribution in [3.8, 4) is 0 Å². The van der Waals surface area contributed by atoms with Gasteiger partial charge in [-0.25, -0.2) is 8.42 Å². The maximum absolute atomic E-state index is 13.4. The number of amides is 2. The number of anilines is 1. The van der Waals surface area contributed by atoms with Crippen molar-refractivity contribution in [2.45, 2.75) is 66.0 Å². The van der Waals surface area contributed by atoms with Crippen LogP contribution in [0.1, 0.15) is 56.2 Å². The molecule has 0 heterocycles. The molecule has 0 spiro atoms. The highest BCUT2D eigenvalue weighted by Crippen LogP contribution is 2.25. The lowest BCUT2D eigenvalue weighted by molar-refractivity contribution is -0.140. The van der Waals surface area contributed by atoms with Gasteiger partial charge >= 0.3 is 0 Å². The molecule has 36 heavy (non-hydrogen) atoms. The number of rotatable bonds is 13. The molecule has 0 aliphatic carbocycles. The van der Waals surface area contributed by atoms with E-state index in [9.17, 15) is 18.0 Å². The van der Waals surface area contributed by atoms with E-state index in [1.165, 1.54) is 15.5 Å². The highest BCUT2D eigenvalue weighted by Gasteiger charge is 2.27. The maximum atomic E-state index is 13.4. The van der Waals surface area contributed by atoms with Crippen molar-refractivity contribution in [3.63, 3.8) is 0 Å². The average molecular weight is 536 g/mol. The number of halogens is 1. The molecule has 2 aromatic rings. The molecule has 0 aromatic heterocycles. The van der Waals surface area contributed by atoms with Crippen LogP contribution in [-0.4, -0.2) is 50.5 Å². The van der Waals surface area contributed by atoms with Gasteiger partial charge in [-0.1, -0.05) is 55.3 Å². The van der Waals surface area contributed by atoms with E-state index >= 15 is 0 Å². The number of hydrogen-bond acceptors (Lipinski definition) is 4. The van der Waals surface area contributed by atoms with Crippen LogP contribution < -0.4 is 9.62 Å². The smallest absolute Gasteiger partial charge is 0.242 e. The molecule has 7 nitrogen and oxygen atoms in total. The van der Waals surface area contributed by atoms with Gasteiger partial charge < -0.3 is 10.2 Å². The summed E-state index contributed by atoms with van der Waals surface area (Å²) in [4.78, 5) is 27.7. The molecule has 1 atom stereocenters. The van der Waals surface area contributed by atoms with Crippen LogP contribution in [0.5, 0.6) is 0 Å². The molecule has 0 bridgehead atoms. The Morgan fingerprint density at radius 2 is 1.78 bits per heavy atom. The molecular weight excluding hydrogens is 498 g/mol. The highest BCUT2D eigenvalue weighted by molar-refractivity contribution is 7.92. The first-order chi connectivity index (χ1) is 17.0. The third-order valence-corrected chi connectivity index (χ3v) is 7.63. The van der Waals surface area contributed by atoms with E-state index in [2.05, 4.69) is 5.32 Å². The molecule has 0 aliphatic heterocycles. The molecule has 9 heteroatoms. The Bertz CT molecular complexity index is 1150. The van der Waals surface area contributed by atoms with E-state index in [0.29, 0.717) is 23.7 Å². The van der Waals surface area contributed by atoms with Crippen molar-refractivity contribution in [1.82, 2.24) is 10.2 Å². The molecule has 2 aromatic carbocycles. The number of unbranched alkanes of at least 4 members (excludes halogenated alkanes) is 1. The Labute approximate surface area is 220 Å². The van der Waals surface area contributed by atoms with Crippen molar-refractivity contribution in [2.24, 2.45) is 0 Å². The van der Waals surface area contributed by atoms with Crippen LogP contribution in [0.15, 0.2) is 42.5 Å². The van der Waals surface area contributed by atoms with Crippen molar-refractivity contribution in [1.29, 1.82) is 0 Å². The van der Waals surface area contributed by atoms with Crippen molar-refractivity contribution < 1.29 is 18.0 Å². The summed E-state index contributed by atoms with van der Waals surface area (Å²) < 4.78 is 26.5. The number of nitrogens with zero attached hydrogens (tertiary/aromatic N) is 2. The van der Waals surface area contributed by atoms with Gasteiger partial charge in [0.05, 0.1) is 11.9 Å². The second-order valence-electron chi connectivity index (χ2n) is 9.16. The monoisotopic (exact) mass is 535 g/mol. The predicted octanol–water partition coefficient (Wildman–Crippen LogP) is 4.84. The van der Waals surface area contributed by atoms with Gasteiger partial charge in [-0.15, -0.1) is 0 Å². The van der Waals surface area contributed by atoms with E-state index in [0.717, 1.165) is 29.5 Å². The van der Waals surface area contributed by atoms with Gasteiger partial charge in [-0.2, -0.15) is 0 Å². The standard InChI is InChI=1S/C27H38ClN3O4S/c1-6-7-16-29-27(33)22(4)30(19-23-11-8-9-12-24(23)28)26(32)13-10-17-31(36(5,34)35)25-18-20(2)14-15-21(25)3/h8-9,11-12,14-15,18,22H,6-7,10,13,16-17,19H2,1-5H3,(H,29,33)/t22-/m0/s1. The minimum absolute atomic E-state index is 0.0912. The van der Waals surface area contributed by atoms with Crippen LogP contribution in [0.2, 0.25) is 5.02 Å². The molecular formula is C27H38ClN3O4S. The SMILES string of the molecule is CCCCNC(=O)[C@H](C)N(Cc1ccccc1Cl)C(=O)CCCN(c1cc(C)ccc1C)S(C)(=O)=O. The Balaban J connectivity index is 2.19. The lowest BCUT2D eigenvalue weighted by Gasteiger charge is -2.30. The number of sulfonamides is 1. The number of hydrogen-bond donors (Lipinski definition) is 1. The van der Waals surface area contributed by atoms with Crippen LogP contribution in [0, 0.1) is 13.8 Å². The van der Waals surface area contributed by atoms with E-state index in [1.54, 1.807) is 13.0 Å². The summed E-state index contributed by atoms with van der Waals surface area (Å²) in [7, 11) is -3.55. The fourth-order valence-corrected chi connectivity index (χ4v) is 5.11. The van der Waals surface area contributed by atoms with Crippen molar-refractivity contribution in [2.75, 3.05) is 23.7 Å². The number of carbonyl (C=O) groups excluding carboxylic acids is 2. The number of carbonyl (C=O) groups is 2. The lowest BCUT2D eigenvalue weighted by Crippen LogP contribution is -2.48. The topological polar surface area (TPSA) is 86.8 Å². The first-order valence-corrected chi connectivity index (χ1v) is 14.5. The largest absolute Gasteiger partial charge is 0.354 e. The molecule has 0 unspecified atom stereocenters. The summed E-state index contributed by atoms with van der Waals surface area (Å²) in [5, 5.41) is 3.41. The first kappa shape index (κ1) is 29.6. The maximum Gasteiger partial charge on any atom is 0.242 e. The zero-order chi connectivity index (χ0) is 26.9. The third kappa shape index (κ3) is 8.52. The van der Waals surface area contributed by atoms with Crippen molar-refractivity contribution >= 4 is 39.1 Å². The van der Waals surface area contributed by atoms with Crippen LogP contribution in [0.3, 0.4) is 0 Å². The van der Waals surface area contributed by atoms with Gasteiger partial charge in [-0.3, -0.25) is 13.9 Å². The quantitative estimate of drug-likeness (QED) is 0.372. The zero-order valence-corrected chi connectivity index (χ0v) is 23.5. The van der Waals surface area contributed by atoms with Crippen molar-refractivity contribution in [3.05, 3.63) is 64.2 Å². The van der Waals surface area contributed by atoms with Gasteiger partial charge in [-0.05, 0) is 62.4 Å². The highest BCUT2D eigenvalue weighted by atomic mass is 35.5. The molecule has 1 N–H and O–H groups in total. The summed E-state index contributed by atoms with van der Waals surface area (Å²) >= 11 is 6.34. The molecule has 2 rings (SSSR count). The Morgan fingerprint density at radius 3 is 2.42 bits per heavy atom. The molecule has 0 aliphatic rings. The Hall–Kier alpha value is -2.58. The van der Waals surface area contributed by atoms with Gasteiger partial charge in [0.2, 0.25) is 21.8 Å². The zero-order valence-electron chi connectivity index (χ0n) is 21.9. The summed E-state index contributed by atoms with van der Waals surface area (Å²) in [6.07, 6.45) is 3.38. The summed E-state index contributed by atoms with van der Waals surface area (Å²) in [5.41, 5.74) is 3.15.